The van der Waals surface area contributed by atoms with Crippen LogP contribution in [0.2, 0.25) is 51.4 Å². The maximum Gasteiger partial charge on any atom is 0.410 e. The lowest BCUT2D eigenvalue weighted by atomic mass is 10.0. The van der Waals surface area contributed by atoms with Gasteiger partial charge in [-0.1, -0.05) is 59.7 Å². The maximum atomic E-state index is 13.5. The van der Waals surface area contributed by atoms with Gasteiger partial charge in [-0.05, 0) is 77.6 Å². The van der Waals surface area contributed by atoms with Gasteiger partial charge in [-0.25, -0.2) is 14.8 Å². The Hall–Kier alpha value is -3.47. The van der Waals surface area contributed by atoms with Crippen molar-refractivity contribution in [3.8, 4) is 11.1 Å². The summed E-state index contributed by atoms with van der Waals surface area (Å²) in [6.45, 7) is 33.2. The Morgan fingerprint density at radius 1 is 0.981 bits per heavy atom. The van der Waals surface area contributed by atoms with Gasteiger partial charge in [0.1, 0.15) is 36.5 Å². The van der Waals surface area contributed by atoms with Gasteiger partial charge in [0.25, 0.3) is 0 Å². The average Bonchev–Trinajstić information content (AvgIpc) is 3.49. The van der Waals surface area contributed by atoms with Crippen LogP contribution in [0.3, 0.4) is 0 Å². The van der Waals surface area contributed by atoms with Crippen LogP contribution in [0.1, 0.15) is 72.1 Å². The van der Waals surface area contributed by atoms with Crippen LogP contribution in [0.4, 0.5) is 16.4 Å². The molecule has 0 spiro atoms. The van der Waals surface area contributed by atoms with Crippen molar-refractivity contribution in [2.24, 2.45) is 0 Å². The number of hydrogen-bond acceptors (Lipinski definition) is 10. The third kappa shape index (κ3) is 13.7. The average molecular weight is 784 g/mol. The van der Waals surface area contributed by atoms with E-state index >= 15 is 0 Å². The number of carbonyl (C=O) groups excluding carboxylic acids is 1. The van der Waals surface area contributed by atoms with Gasteiger partial charge in [0.2, 0.25) is 0 Å². The van der Waals surface area contributed by atoms with Crippen molar-refractivity contribution in [1.82, 2.24) is 24.5 Å². The first-order valence-electron chi connectivity index (χ1n) is 19.6. The number of pyridine rings is 1. The van der Waals surface area contributed by atoms with Crippen molar-refractivity contribution < 1.29 is 23.7 Å². The predicted octanol–water partition coefficient (Wildman–Crippen LogP) is 9.17. The fourth-order valence-electron chi connectivity index (χ4n) is 5.93. The molecule has 3 rings (SSSR count). The minimum Gasteiger partial charge on any atom is -0.494 e. The molecule has 0 saturated heterocycles. The first-order valence-corrected chi connectivity index (χ1v) is 27.0. The van der Waals surface area contributed by atoms with Crippen LogP contribution in [0.5, 0.6) is 0 Å². The summed E-state index contributed by atoms with van der Waals surface area (Å²) in [7, 11) is -2.67. The topological polar surface area (TPSA) is 130 Å². The van der Waals surface area contributed by atoms with Gasteiger partial charge in [-0.3, -0.25) is 0 Å². The van der Waals surface area contributed by atoms with Crippen molar-refractivity contribution in [2.75, 3.05) is 50.5 Å². The van der Waals surface area contributed by atoms with Crippen LogP contribution in [-0.4, -0.2) is 98.2 Å². The SMILES string of the molecule is C=C(OCC)c1c(CC[C@@H](CC)N(CCC)C(=O)OC(C)(C)C)nc2c(-c3ccc(N)nc3)cnn2c1N(COCC[Si](C)(C)C)COCC[Si](C)(C)C. The minimum absolute atomic E-state index is 0.0777. The number of aryl methyl sites for hydroxylation is 1. The number of nitrogen functional groups attached to an aromatic ring is 1. The van der Waals surface area contributed by atoms with E-state index in [1.165, 1.54) is 0 Å². The van der Waals surface area contributed by atoms with Crippen LogP contribution in [-0.2, 0) is 25.4 Å². The molecule has 0 bridgehead atoms. The summed E-state index contributed by atoms with van der Waals surface area (Å²) in [5.74, 6) is 1.65. The van der Waals surface area contributed by atoms with Gasteiger partial charge in [-0.2, -0.15) is 9.61 Å². The van der Waals surface area contributed by atoms with E-state index in [0.717, 1.165) is 53.1 Å². The summed E-state index contributed by atoms with van der Waals surface area (Å²) in [6, 6.07) is 5.70. The second-order valence-corrected chi connectivity index (χ2v) is 28.6. The lowest BCUT2D eigenvalue weighted by molar-refractivity contribution is 0.0147. The second kappa shape index (κ2) is 19.9. The Morgan fingerprint density at radius 3 is 2.11 bits per heavy atom. The molecule has 3 heterocycles. The zero-order valence-corrected chi connectivity index (χ0v) is 37.4. The van der Waals surface area contributed by atoms with E-state index in [9.17, 15) is 4.79 Å². The van der Waals surface area contributed by atoms with E-state index in [2.05, 4.69) is 69.6 Å². The van der Waals surface area contributed by atoms with Crippen molar-refractivity contribution in [2.45, 2.75) is 130 Å². The second-order valence-electron chi connectivity index (χ2n) is 17.4. The van der Waals surface area contributed by atoms with Gasteiger partial charge >= 0.3 is 6.09 Å². The summed E-state index contributed by atoms with van der Waals surface area (Å²) in [5.41, 5.74) is 9.21. The number of nitrogens with zero attached hydrogens (tertiary/aromatic N) is 6. The van der Waals surface area contributed by atoms with Gasteiger partial charge in [0, 0.05) is 59.3 Å². The molecule has 0 saturated carbocycles. The lowest BCUT2D eigenvalue weighted by Gasteiger charge is -2.33. The maximum absolute atomic E-state index is 13.5. The molecule has 0 radical (unpaired) electrons. The number of fused-ring (bicyclic) bond motifs is 1. The number of carbonyl (C=O) groups is 1. The molecule has 14 heteroatoms. The summed E-state index contributed by atoms with van der Waals surface area (Å²) < 4.78 is 26.8. The van der Waals surface area contributed by atoms with E-state index in [4.69, 9.17) is 34.8 Å². The molecular weight excluding hydrogens is 715 g/mol. The first-order chi connectivity index (χ1) is 25.3. The molecule has 12 nitrogen and oxygen atoms in total. The zero-order valence-electron chi connectivity index (χ0n) is 35.4. The molecule has 3 aromatic heterocycles. The third-order valence-corrected chi connectivity index (χ3v) is 12.3. The molecule has 0 aliphatic heterocycles. The fraction of sp³-hybridized carbons (Fsp3) is 0.650. The Morgan fingerprint density at radius 2 is 1.61 bits per heavy atom. The third-order valence-electron chi connectivity index (χ3n) is 8.90. The number of hydrogen-bond donors (Lipinski definition) is 1. The van der Waals surface area contributed by atoms with Gasteiger partial charge in [0.15, 0.2) is 5.65 Å². The monoisotopic (exact) mass is 783 g/mol. The molecule has 1 atom stereocenters. The number of anilines is 2. The number of ether oxygens (including phenoxy) is 4. The number of rotatable bonds is 22. The van der Waals surface area contributed by atoms with Gasteiger partial charge in [-0.15, -0.1) is 0 Å². The molecule has 0 aliphatic carbocycles. The predicted molar refractivity (Wildman–Crippen MR) is 227 cm³/mol. The molecule has 54 heavy (non-hydrogen) atoms. The van der Waals surface area contributed by atoms with Crippen molar-refractivity contribution in [3.05, 3.63) is 42.4 Å². The smallest absolute Gasteiger partial charge is 0.410 e. The largest absolute Gasteiger partial charge is 0.494 e. The highest BCUT2D eigenvalue weighted by Gasteiger charge is 2.30. The molecule has 3 aromatic rings. The van der Waals surface area contributed by atoms with Crippen molar-refractivity contribution >= 4 is 45.3 Å². The molecule has 2 N–H and O–H groups in total. The Labute approximate surface area is 326 Å². The summed E-state index contributed by atoms with van der Waals surface area (Å²) >= 11 is 0. The van der Waals surface area contributed by atoms with Gasteiger partial charge in [0.05, 0.1) is 24.1 Å². The molecule has 0 fully saturated rings. The quantitative estimate of drug-likeness (QED) is 0.0456. The number of aromatic nitrogens is 4. The molecular formula is C40H69N7O5Si2. The van der Waals surface area contributed by atoms with Crippen LogP contribution < -0.4 is 10.6 Å². The molecule has 0 aromatic carbocycles. The number of nitrogens with two attached hydrogens (primary N) is 1. The van der Waals surface area contributed by atoms with Crippen LogP contribution >= 0.6 is 0 Å². The standard InChI is InChI=1S/C40H69N7O5Si2/c1-14-21-46(39(48)52-40(5,6)7)32(15-2)18-19-34-36(30(4)51-16-3)38(47-37(44-34)33(27-43-47)31-17-20-35(41)42-26-31)45(28-49-22-24-53(8,9)10)29-50-23-25-54(11,12)13/h17,20,26-27,32H,4,14-16,18-19,21-25,28-29H2,1-3,5-13H3,(H2,41,42)/t32-/m1/s1. The molecule has 0 aliphatic rings. The Kier molecular flexibility index (Phi) is 16.6. The highest BCUT2D eigenvalue weighted by molar-refractivity contribution is 6.76. The van der Waals surface area contributed by atoms with Gasteiger partial charge < -0.3 is 34.5 Å². The summed E-state index contributed by atoms with van der Waals surface area (Å²) in [6.07, 6.45) is 6.02. The van der Waals surface area contributed by atoms with E-state index in [-0.39, 0.29) is 25.6 Å². The van der Waals surface area contributed by atoms with Crippen molar-refractivity contribution in [1.29, 1.82) is 0 Å². The van der Waals surface area contributed by atoms with E-state index < -0.39 is 21.7 Å². The summed E-state index contributed by atoms with van der Waals surface area (Å²) in [4.78, 5) is 27.2. The van der Waals surface area contributed by atoms with Crippen molar-refractivity contribution in [3.63, 3.8) is 0 Å². The lowest BCUT2D eigenvalue weighted by Crippen LogP contribution is -2.44. The summed E-state index contributed by atoms with van der Waals surface area (Å²) in [5, 5.41) is 4.93. The minimum atomic E-state index is -1.34. The Bertz CT molecular complexity index is 1620. The van der Waals surface area contributed by atoms with Crippen LogP contribution in [0, 0.1) is 0 Å². The fourth-order valence-corrected chi connectivity index (χ4v) is 7.44. The molecule has 302 valence electrons. The van der Waals surface area contributed by atoms with E-state index in [1.807, 2.05) is 49.4 Å². The van der Waals surface area contributed by atoms with Crippen LogP contribution in [0.15, 0.2) is 31.1 Å². The highest BCUT2D eigenvalue weighted by Crippen LogP contribution is 2.35. The van der Waals surface area contributed by atoms with E-state index in [0.29, 0.717) is 56.4 Å². The zero-order chi connectivity index (χ0) is 40.3. The van der Waals surface area contributed by atoms with E-state index in [1.54, 1.807) is 12.3 Å². The van der Waals surface area contributed by atoms with Crippen LogP contribution in [0.25, 0.3) is 22.5 Å². The normalized spacial score (nSPS) is 12.9. The highest BCUT2D eigenvalue weighted by atomic mass is 28.3. The molecule has 1 amide bonds. The number of amides is 1. The first kappa shape index (κ1) is 44.9. The molecule has 0 unspecified atom stereocenters. The Balaban J connectivity index is 2.25.